The van der Waals surface area contributed by atoms with Gasteiger partial charge < -0.3 is 16.4 Å². The summed E-state index contributed by atoms with van der Waals surface area (Å²) in [6, 6.07) is 7.13. The zero-order valence-corrected chi connectivity index (χ0v) is 24.4. The minimum atomic E-state index is -0.532. The fourth-order valence-electron chi connectivity index (χ4n) is 5.37. The highest BCUT2D eigenvalue weighted by atomic mass is 35.5. The van der Waals surface area contributed by atoms with Crippen molar-refractivity contribution in [1.82, 2.24) is 43.9 Å². The molecule has 1 aliphatic heterocycles. The Labute approximate surface area is 242 Å². The lowest BCUT2D eigenvalue weighted by atomic mass is 10.1. The van der Waals surface area contributed by atoms with Gasteiger partial charge in [0.05, 0.1) is 33.7 Å². The maximum atomic E-state index is 12.2. The van der Waals surface area contributed by atoms with E-state index in [4.69, 9.17) is 33.3 Å². The second kappa shape index (κ2) is 10.1. The summed E-state index contributed by atoms with van der Waals surface area (Å²) < 4.78 is 5.67. The topological polar surface area (TPSA) is 142 Å². The van der Waals surface area contributed by atoms with Crippen LogP contribution in [0.5, 0.6) is 0 Å². The molecule has 0 unspecified atom stereocenters. The number of nitrogens with zero attached hydrogens (tertiary/aromatic N) is 9. The van der Waals surface area contributed by atoms with Crippen molar-refractivity contribution in [3.8, 4) is 17.2 Å². The van der Waals surface area contributed by atoms with Crippen LogP contribution in [-0.4, -0.2) is 89.6 Å². The van der Waals surface area contributed by atoms with Gasteiger partial charge in [-0.15, -0.1) is 0 Å². The molecule has 0 atom stereocenters. The zero-order valence-electron chi connectivity index (χ0n) is 23.7. The van der Waals surface area contributed by atoms with Crippen molar-refractivity contribution in [2.24, 2.45) is 5.73 Å². The van der Waals surface area contributed by atoms with Crippen molar-refractivity contribution in [2.75, 3.05) is 45.5 Å². The maximum Gasteiger partial charge on any atom is 0.248 e. The van der Waals surface area contributed by atoms with Crippen molar-refractivity contribution in [3.63, 3.8) is 0 Å². The number of aromatic nitrogens is 7. The molecule has 13 heteroatoms. The Bertz CT molecular complexity index is 1770. The molecular weight excluding hydrogens is 542 g/mol. The number of likely N-dealkylation sites (N-methyl/N-ethyl adjacent to an activating group) is 1. The number of hydrogen-bond donors (Lipinski definition) is 2. The van der Waals surface area contributed by atoms with Gasteiger partial charge in [-0.1, -0.05) is 17.7 Å². The first-order valence-corrected chi connectivity index (χ1v) is 14.0. The molecule has 214 valence electrons. The fraction of sp³-hybridized carbons (Fsp3) is 0.393. The molecule has 1 amide bonds. The average molecular weight is 576 g/mol. The lowest BCUT2D eigenvalue weighted by molar-refractivity contribution is 0.100. The Morgan fingerprint density at radius 1 is 1.05 bits per heavy atom. The van der Waals surface area contributed by atoms with E-state index >= 15 is 0 Å². The molecule has 0 bridgehead atoms. The molecule has 0 spiro atoms. The number of rotatable bonds is 6. The van der Waals surface area contributed by atoms with E-state index in [1.54, 1.807) is 18.2 Å². The second-order valence-electron chi connectivity index (χ2n) is 11.6. The summed E-state index contributed by atoms with van der Waals surface area (Å²) in [6.07, 6.45) is 3.39. The normalized spacial score (nSPS) is 15.3. The molecule has 0 saturated carbocycles. The molecule has 0 radical (unpaired) electrons. The average Bonchev–Trinajstić information content (AvgIpc) is 3.62. The smallest absolute Gasteiger partial charge is 0.248 e. The molecule has 1 saturated heterocycles. The number of anilines is 1. The molecule has 1 aliphatic rings. The standard InChI is InChI=1S/C28H34ClN11O/c1-28(2,3)40-27-21(25(30)32-16-33-27)23(35-40)24-22(29)18-6-5-17(26(31)41)15-19(18)39(24)20-7-8-38(34-20)14-13-37-11-9-36(4)10-12-37/h5-8,15-16H,9-14H2,1-4H3,(H2,31,41)(H2,30,32,33). The molecule has 4 N–H and O–H groups in total. The Balaban J connectivity index is 1.53. The third-order valence-electron chi connectivity index (χ3n) is 7.64. The number of carbonyl (C=O) groups excluding carboxylic acids is 1. The summed E-state index contributed by atoms with van der Waals surface area (Å²) in [7, 11) is 2.15. The van der Waals surface area contributed by atoms with Gasteiger partial charge in [-0.3, -0.25) is 18.9 Å². The summed E-state index contributed by atoms with van der Waals surface area (Å²) >= 11 is 7.12. The third kappa shape index (κ3) is 4.81. The lowest BCUT2D eigenvalue weighted by Crippen LogP contribution is -2.45. The van der Waals surface area contributed by atoms with Gasteiger partial charge >= 0.3 is 0 Å². The molecule has 1 fully saturated rings. The van der Waals surface area contributed by atoms with E-state index in [2.05, 4.69) is 26.8 Å². The number of hydrogen-bond acceptors (Lipinski definition) is 8. The van der Waals surface area contributed by atoms with Gasteiger partial charge in [0, 0.05) is 55.9 Å². The van der Waals surface area contributed by atoms with Gasteiger partial charge in [0.25, 0.3) is 0 Å². The largest absolute Gasteiger partial charge is 0.383 e. The van der Waals surface area contributed by atoms with Gasteiger partial charge in [-0.2, -0.15) is 10.2 Å². The second-order valence-corrected chi connectivity index (χ2v) is 11.9. The SMILES string of the molecule is CN1CCN(CCn2ccc(-n3c(-c4nn(C(C)(C)C)c5ncnc(N)c45)c(Cl)c4ccc(C(N)=O)cc43)n2)CC1. The van der Waals surface area contributed by atoms with Crippen molar-refractivity contribution in [3.05, 3.63) is 47.4 Å². The molecule has 4 aromatic heterocycles. The number of halogens is 1. The van der Waals surface area contributed by atoms with Crippen LogP contribution in [0.25, 0.3) is 39.1 Å². The first-order valence-electron chi connectivity index (χ1n) is 13.6. The summed E-state index contributed by atoms with van der Waals surface area (Å²) in [5.41, 5.74) is 14.4. The zero-order chi connectivity index (χ0) is 29.1. The van der Waals surface area contributed by atoms with Crippen molar-refractivity contribution in [2.45, 2.75) is 32.9 Å². The predicted octanol–water partition coefficient (Wildman–Crippen LogP) is 2.97. The van der Waals surface area contributed by atoms with E-state index in [0.29, 0.717) is 50.2 Å². The van der Waals surface area contributed by atoms with Gasteiger partial charge in [0.2, 0.25) is 5.91 Å². The predicted molar refractivity (Wildman–Crippen MR) is 160 cm³/mol. The molecule has 41 heavy (non-hydrogen) atoms. The minimum absolute atomic E-state index is 0.295. The highest BCUT2D eigenvalue weighted by molar-refractivity contribution is 6.39. The van der Waals surface area contributed by atoms with Crippen LogP contribution in [0.1, 0.15) is 31.1 Å². The van der Waals surface area contributed by atoms with Crippen LogP contribution in [0.15, 0.2) is 36.8 Å². The molecule has 5 aromatic rings. The molecule has 12 nitrogen and oxygen atoms in total. The van der Waals surface area contributed by atoms with E-state index in [1.807, 2.05) is 47.0 Å². The third-order valence-corrected chi connectivity index (χ3v) is 8.02. The fourth-order valence-corrected chi connectivity index (χ4v) is 5.70. The molecule has 5 heterocycles. The Hall–Kier alpha value is -4.00. The highest BCUT2D eigenvalue weighted by Gasteiger charge is 2.29. The first kappa shape index (κ1) is 27.2. The summed E-state index contributed by atoms with van der Waals surface area (Å²) in [5.74, 6) is 0.393. The van der Waals surface area contributed by atoms with E-state index in [0.717, 1.165) is 44.7 Å². The van der Waals surface area contributed by atoms with Crippen LogP contribution >= 0.6 is 11.6 Å². The van der Waals surface area contributed by atoms with Crippen molar-refractivity contribution < 1.29 is 4.79 Å². The van der Waals surface area contributed by atoms with Gasteiger partial charge in [-0.05, 0) is 40.0 Å². The van der Waals surface area contributed by atoms with Gasteiger partial charge in [0.15, 0.2) is 11.5 Å². The number of primary amides is 1. The van der Waals surface area contributed by atoms with E-state index in [1.165, 1.54) is 6.33 Å². The Morgan fingerprint density at radius 3 is 2.51 bits per heavy atom. The monoisotopic (exact) mass is 575 g/mol. The number of nitrogen functional groups attached to an aromatic ring is 1. The highest BCUT2D eigenvalue weighted by Crippen LogP contribution is 2.43. The molecule has 6 rings (SSSR count). The van der Waals surface area contributed by atoms with E-state index in [-0.39, 0.29) is 0 Å². The molecule has 0 aliphatic carbocycles. The van der Waals surface area contributed by atoms with Gasteiger partial charge in [-0.25, -0.2) is 14.6 Å². The minimum Gasteiger partial charge on any atom is -0.383 e. The summed E-state index contributed by atoms with van der Waals surface area (Å²) in [5, 5.41) is 11.7. The van der Waals surface area contributed by atoms with Crippen LogP contribution in [-0.2, 0) is 12.1 Å². The number of carbonyl (C=O) groups is 1. The summed E-state index contributed by atoms with van der Waals surface area (Å²) in [4.78, 5) is 25.7. The van der Waals surface area contributed by atoms with Crippen LogP contribution < -0.4 is 11.5 Å². The Morgan fingerprint density at radius 2 is 1.80 bits per heavy atom. The quantitative estimate of drug-likeness (QED) is 0.315. The van der Waals surface area contributed by atoms with Crippen LogP contribution in [0.3, 0.4) is 0 Å². The lowest BCUT2D eigenvalue weighted by Gasteiger charge is -2.32. The van der Waals surface area contributed by atoms with E-state index < -0.39 is 11.4 Å². The molecule has 1 aromatic carbocycles. The molecular formula is C28H34ClN11O. The van der Waals surface area contributed by atoms with Crippen LogP contribution in [0.4, 0.5) is 5.82 Å². The van der Waals surface area contributed by atoms with Crippen molar-refractivity contribution >= 4 is 45.3 Å². The van der Waals surface area contributed by atoms with E-state index in [9.17, 15) is 4.79 Å². The number of piperazine rings is 1. The maximum absolute atomic E-state index is 12.2. The van der Waals surface area contributed by atoms with Crippen LogP contribution in [0, 0.1) is 0 Å². The first-order chi connectivity index (χ1) is 19.5. The number of nitrogens with two attached hydrogens (primary N) is 2. The Kier molecular flexibility index (Phi) is 6.71. The summed E-state index contributed by atoms with van der Waals surface area (Å²) in [6.45, 7) is 12.0. The van der Waals surface area contributed by atoms with Gasteiger partial charge in [0.1, 0.15) is 17.8 Å². The van der Waals surface area contributed by atoms with Crippen LogP contribution in [0.2, 0.25) is 5.02 Å². The number of fused-ring (bicyclic) bond motifs is 2. The number of benzene rings is 1. The number of amides is 1. The van der Waals surface area contributed by atoms with Crippen molar-refractivity contribution in [1.29, 1.82) is 0 Å².